The summed E-state index contributed by atoms with van der Waals surface area (Å²) in [6, 6.07) is 7.76. The summed E-state index contributed by atoms with van der Waals surface area (Å²) in [5.41, 5.74) is 1.90. The number of hydrogen-bond donors (Lipinski definition) is 0. The van der Waals surface area contributed by atoms with Crippen LogP contribution in [0.15, 0.2) is 41.2 Å². The van der Waals surface area contributed by atoms with Crippen molar-refractivity contribution in [1.82, 2.24) is 9.13 Å². The molecular weight excluding hydrogens is 224 g/mol. The lowest BCUT2D eigenvalue weighted by Crippen LogP contribution is -2.21. The van der Waals surface area contributed by atoms with E-state index in [0.29, 0.717) is 12.4 Å². The zero-order valence-electron chi connectivity index (χ0n) is 9.06. The lowest BCUT2D eigenvalue weighted by molar-refractivity contribution is 0.748. The number of alkyl halides is 1. The Morgan fingerprint density at radius 2 is 1.94 bits per heavy atom. The summed E-state index contributed by atoms with van der Waals surface area (Å²) in [5.74, 6) is 0.472. The molecule has 2 aromatic rings. The number of aromatic nitrogens is 2. The second kappa shape index (κ2) is 4.58. The van der Waals surface area contributed by atoms with Crippen LogP contribution < -0.4 is 5.69 Å². The molecule has 0 aliphatic heterocycles. The van der Waals surface area contributed by atoms with Crippen LogP contribution in [0.2, 0.25) is 0 Å². The van der Waals surface area contributed by atoms with Crippen LogP contribution in [0.1, 0.15) is 0 Å². The summed E-state index contributed by atoms with van der Waals surface area (Å²) in [4.78, 5) is 11.9. The van der Waals surface area contributed by atoms with Crippen LogP contribution in [0.3, 0.4) is 0 Å². The summed E-state index contributed by atoms with van der Waals surface area (Å²) >= 11 is 5.55. The van der Waals surface area contributed by atoms with Gasteiger partial charge in [0.2, 0.25) is 0 Å². The molecule has 0 bridgehead atoms. The van der Waals surface area contributed by atoms with Crippen molar-refractivity contribution >= 4 is 22.6 Å². The zero-order valence-corrected chi connectivity index (χ0v) is 9.81. The molecule has 0 radical (unpaired) electrons. The summed E-state index contributed by atoms with van der Waals surface area (Å²) in [7, 11) is 1.78. The van der Waals surface area contributed by atoms with E-state index >= 15 is 0 Å². The van der Waals surface area contributed by atoms with Crippen LogP contribution >= 0.6 is 11.6 Å². The predicted molar refractivity (Wildman–Crippen MR) is 67.0 cm³/mol. The van der Waals surface area contributed by atoms with Crippen LogP contribution in [0.25, 0.3) is 11.0 Å². The molecule has 4 heteroatoms. The molecule has 0 saturated heterocycles. The Bertz CT molecular complexity index is 580. The number of imidazole rings is 1. The van der Waals surface area contributed by atoms with Gasteiger partial charge < -0.3 is 0 Å². The minimum absolute atomic E-state index is 0.000391. The summed E-state index contributed by atoms with van der Waals surface area (Å²) in [6.07, 6.45) is 3.75. The largest absolute Gasteiger partial charge is 0.329 e. The molecule has 2 rings (SSSR count). The number of rotatable bonds is 3. The first-order chi connectivity index (χ1) is 7.75. The maximum absolute atomic E-state index is 11.9. The smallest absolute Gasteiger partial charge is 0.295 e. The Hall–Kier alpha value is -1.48. The minimum atomic E-state index is 0.000391. The van der Waals surface area contributed by atoms with Crippen molar-refractivity contribution in [2.75, 3.05) is 5.88 Å². The highest BCUT2D eigenvalue weighted by atomic mass is 35.5. The van der Waals surface area contributed by atoms with E-state index in [0.717, 1.165) is 11.0 Å². The van der Waals surface area contributed by atoms with Crippen LogP contribution in [0.5, 0.6) is 0 Å². The minimum Gasteiger partial charge on any atom is -0.295 e. The standard InChI is InChI=1S/C12H13ClN2O/c1-14-10-6-2-3-7-11(10)15(12(14)16)9-5-4-8-13/h2-7H,8-9H2,1H3. The van der Waals surface area contributed by atoms with Crippen LogP contribution in [0, 0.1) is 0 Å². The molecule has 3 nitrogen and oxygen atoms in total. The van der Waals surface area contributed by atoms with Gasteiger partial charge in [-0.25, -0.2) is 4.79 Å². The third-order valence-corrected chi connectivity index (χ3v) is 2.77. The van der Waals surface area contributed by atoms with Crippen LogP contribution in [-0.4, -0.2) is 15.0 Å². The second-order valence-corrected chi connectivity index (χ2v) is 3.88. The molecule has 0 aliphatic rings. The Morgan fingerprint density at radius 1 is 1.25 bits per heavy atom. The molecule has 0 fully saturated rings. The number of para-hydroxylation sites is 2. The Balaban J connectivity index is 2.56. The monoisotopic (exact) mass is 236 g/mol. The first kappa shape index (κ1) is 11.0. The molecule has 0 spiro atoms. The highest BCUT2D eigenvalue weighted by molar-refractivity contribution is 6.18. The van der Waals surface area contributed by atoms with Gasteiger partial charge in [0.15, 0.2) is 0 Å². The number of aryl methyl sites for hydroxylation is 1. The van der Waals surface area contributed by atoms with Gasteiger partial charge in [-0.15, -0.1) is 11.6 Å². The second-order valence-electron chi connectivity index (χ2n) is 3.57. The van der Waals surface area contributed by atoms with E-state index in [2.05, 4.69) is 0 Å². The van der Waals surface area contributed by atoms with E-state index in [1.54, 1.807) is 16.2 Å². The van der Waals surface area contributed by atoms with E-state index < -0.39 is 0 Å². The maximum Gasteiger partial charge on any atom is 0.329 e. The number of nitrogens with zero attached hydrogens (tertiary/aromatic N) is 2. The van der Waals surface area contributed by atoms with Crippen molar-refractivity contribution in [1.29, 1.82) is 0 Å². The highest BCUT2D eigenvalue weighted by Gasteiger charge is 2.07. The van der Waals surface area contributed by atoms with Crippen molar-refractivity contribution in [2.24, 2.45) is 7.05 Å². The summed E-state index contributed by atoms with van der Waals surface area (Å²) < 4.78 is 3.39. The third kappa shape index (κ3) is 1.78. The van der Waals surface area contributed by atoms with Gasteiger partial charge in [0.1, 0.15) is 0 Å². The Morgan fingerprint density at radius 3 is 2.62 bits per heavy atom. The topological polar surface area (TPSA) is 26.9 Å². The third-order valence-electron chi connectivity index (χ3n) is 2.60. The molecule has 1 aromatic heterocycles. The zero-order chi connectivity index (χ0) is 11.5. The fourth-order valence-corrected chi connectivity index (χ4v) is 1.91. The van der Waals surface area contributed by atoms with Gasteiger partial charge in [0.05, 0.1) is 11.0 Å². The van der Waals surface area contributed by atoms with Crippen molar-refractivity contribution in [3.8, 4) is 0 Å². The lowest BCUT2D eigenvalue weighted by Gasteiger charge is -1.97. The van der Waals surface area contributed by atoms with Crippen LogP contribution in [-0.2, 0) is 13.6 Å². The molecule has 84 valence electrons. The van der Waals surface area contributed by atoms with Crippen molar-refractivity contribution < 1.29 is 0 Å². The van der Waals surface area contributed by atoms with Gasteiger partial charge >= 0.3 is 5.69 Å². The van der Waals surface area contributed by atoms with E-state index in [1.165, 1.54) is 0 Å². The number of fused-ring (bicyclic) bond motifs is 1. The molecule has 0 N–H and O–H groups in total. The Labute approximate surface area is 98.6 Å². The molecule has 0 saturated carbocycles. The van der Waals surface area contributed by atoms with E-state index in [9.17, 15) is 4.79 Å². The number of halogens is 1. The van der Waals surface area contributed by atoms with Gasteiger partial charge in [-0.3, -0.25) is 9.13 Å². The molecule has 1 heterocycles. The predicted octanol–water partition coefficient (Wildman–Crippen LogP) is 2.13. The molecule has 16 heavy (non-hydrogen) atoms. The molecule has 1 aromatic carbocycles. The number of benzene rings is 1. The van der Waals surface area contributed by atoms with Gasteiger partial charge in [-0.1, -0.05) is 24.3 Å². The first-order valence-corrected chi connectivity index (χ1v) is 5.64. The van der Waals surface area contributed by atoms with Gasteiger partial charge in [-0.05, 0) is 12.1 Å². The van der Waals surface area contributed by atoms with E-state index in [1.807, 2.05) is 36.4 Å². The van der Waals surface area contributed by atoms with E-state index in [-0.39, 0.29) is 5.69 Å². The molecule has 0 unspecified atom stereocenters. The fraction of sp³-hybridized carbons (Fsp3) is 0.250. The fourth-order valence-electron chi connectivity index (χ4n) is 1.78. The SMILES string of the molecule is Cn1c(=O)n(CC=CCCl)c2ccccc21. The molecule has 0 amide bonds. The van der Waals surface area contributed by atoms with Gasteiger partial charge in [0.25, 0.3) is 0 Å². The first-order valence-electron chi connectivity index (χ1n) is 5.11. The van der Waals surface area contributed by atoms with Crippen LogP contribution in [0.4, 0.5) is 0 Å². The normalized spacial score (nSPS) is 11.6. The van der Waals surface area contributed by atoms with Crippen molar-refractivity contribution in [3.63, 3.8) is 0 Å². The maximum atomic E-state index is 11.9. The van der Waals surface area contributed by atoms with Gasteiger partial charge in [0, 0.05) is 19.5 Å². The number of hydrogen-bond acceptors (Lipinski definition) is 1. The molecular formula is C12H13ClN2O. The quantitative estimate of drug-likeness (QED) is 0.593. The lowest BCUT2D eigenvalue weighted by atomic mass is 10.3. The average Bonchev–Trinajstić information content (AvgIpc) is 2.55. The summed E-state index contributed by atoms with van der Waals surface area (Å²) in [6.45, 7) is 0.562. The molecule has 0 aliphatic carbocycles. The molecule has 0 atom stereocenters. The van der Waals surface area contributed by atoms with E-state index in [4.69, 9.17) is 11.6 Å². The van der Waals surface area contributed by atoms with Gasteiger partial charge in [-0.2, -0.15) is 0 Å². The number of allylic oxidation sites excluding steroid dienone is 2. The highest BCUT2D eigenvalue weighted by Crippen LogP contribution is 2.11. The average molecular weight is 237 g/mol. The van der Waals surface area contributed by atoms with Crippen molar-refractivity contribution in [3.05, 3.63) is 46.9 Å². The van der Waals surface area contributed by atoms with Crippen molar-refractivity contribution in [2.45, 2.75) is 6.54 Å². The summed E-state index contributed by atoms with van der Waals surface area (Å²) in [5, 5.41) is 0. The Kier molecular flexibility index (Phi) is 3.15.